The van der Waals surface area contributed by atoms with Crippen molar-refractivity contribution < 1.29 is 0 Å². The van der Waals surface area contributed by atoms with Gasteiger partial charge in [-0.1, -0.05) is 6.92 Å². The van der Waals surface area contributed by atoms with Crippen LogP contribution >= 0.6 is 11.3 Å². The van der Waals surface area contributed by atoms with E-state index < -0.39 is 0 Å². The highest BCUT2D eigenvalue weighted by Gasteiger charge is 2.37. The zero-order valence-electron chi connectivity index (χ0n) is 10.8. The van der Waals surface area contributed by atoms with E-state index in [-0.39, 0.29) is 5.54 Å². The van der Waals surface area contributed by atoms with Crippen molar-refractivity contribution in [2.45, 2.75) is 63.8 Å². The van der Waals surface area contributed by atoms with Crippen molar-refractivity contribution >= 4 is 11.3 Å². The van der Waals surface area contributed by atoms with E-state index >= 15 is 0 Å². The molecule has 2 nitrogen and oxygen atoms in total. The Morgan fingerprint density at radius 1 is 1.24 bits per heavy atom. The molecule has 0 bridgehead atoms. The molecule has 3 heteroatoms. The van der Waals surface area contributed by atoms with E-state index in [0.29, 0.717) is 0 Å². The molecule has 3 rings (SSSR count). The first-order chi connectivity index (χ1) is 8.08. The van der Waals surface area contributed by atoms with Crippen molar-refractivity contribution in [1.29, 1.82) is 0 Å². The average molecular weight is 250 g/mol. The van der Waals surface area contributed by atoms with Crippen LogP contribution in [0.2, 0.25) is 0 Å². The molecule has 2 aliphatic rings. The number of aromatic nitrogens is 1. The number of aryl methyl sites for hydroxylation is 1. The molecule has 0 spiro atoms. The van der Waals surface area contributed by atoms with Crippen LogP contribution in [0.3, 0.4) is 0 Å². The summed E-state index contributed by atoms with van der Waals surface area (Å²) in [6.07, 6.45) is 7.41. The highest BCUT2D eigenvalue weighted by molar-refractivity contribution is 7.11. The molecule has 2 saturated carbocycles. The van der Waals surface area contributed by atoms with Gasteiger partial charge >= 0.3 is 0 Å². The van der Waals surface area contributed by atoms with Gasteiger partial charge in [-0.25, -0.2) is 4.98 Å². The Balaban J connectivity index is 1.85. The summed E-state index contributed by atoms with van der Waals surface area (Å²) in [4.78, 5) is 6.29. The van der Waals surface area contributed by atoms with E-state index in [2.05, 4.69) is 13.8 Å². The maximum Gasteiger partial charge on any atom is 0.113 e. The normalized spacial score (nSPS) is 33.9. The second kappa shape index (κ2) is 4.06. The molecule has 17 heavy (non-hydrogen) atoms. The van der Waals surface area contributed by atoms with E-state index in [1.54, 1.807) is 0 Å². The molecule has 1 aromatic rings. The maximum atomic E-state index is 6.59. The topological polar surface area (TPSA) is 38.9 Å². The fourth-order valence-electron chi connectivity index (χ4n) is 2.85. The first-order valence-electron chi connectivity index (χ1n) is 6.85. The third-order valence-electron chi connectivity index (χ3n) is 4.39. The summed E-state index contributed by atoms with van der Waals surface area (Å²) in [5, 5.41) is 1.21. The van der Waals surface area contributed by atoms with Crippen molar-refractivity contribution in [1.82, 2.24) is 4.98 Å². The Hall–Kier alpha value is -0.410. The van der Waals surface area contributed by atoms with Crippen LogP contribution in [0, 0.1) is 12.8 Å². The predicted octanol–water partition coefficient (Wildman–Crippen LogP) is 3.69. The second-order valence-electron chi connectivity index (χ2n) is 6.07. The van der Waals surface area contributed by atoms with Gasteiger partial charge in [0.25, 0.3) is 0 Å². The van der Waals surface area contributed by atoms with Crippen LogP contribution in [-0.2, 0) is 5.54 Å². The molecule has 0 aliphatic heterocycles. The van der Waals surface area contributed by atoms with Gasteiger partial charge in [-0.15, -0.1) is 11.3 Å². The molecular weight excluding hydrogens is 228 g/mol. The largest absolute Gasteiger partial charge is 0.319 e. The molecule has 1 heterocycles. The molecular formula is C14H22N2S. The van der Waals surface area contributed by atoms with Gasteiger partial charge in [0, 0.05) is 10.8 Å². The Kier molecular flexibility index (Phi) is 2.79. The van der Waals surface area contributed by atoms with Gasteiger partial charge in [0.15, 0.2) is 0 Å². The van der Waals surface area contributed by atoms with E-state index in [1.807, 2.05) is 11.3 Å². The molecule has 0 amide bonds. The fourth-order valence-corrected chi connectivity index (χ4v) is 4.01. The quantitative estimate of drug-likeness (QED) is 0.869. The van der Waals surface area contributed by atoms with E-state index in [4.69, 9.17) is 10.7 Å². The lowest BCUT2D eigenvalue weighted by atomic mass is 9.78. The van der Waals surface area contributed by atoms with Gasteiger partial charge in [-0.2, -0.15) is 0 Å². The van der Waals surface area contributed by atoms with Crippen molar-refractivity contribution in [2.75, 3.05) is 0 Å². The minimum atomic E-state index is -0.116. The van der Waals surface area contributed by atoms with E-state index in [9.17, 15) is 0 Å². The van der Waals surface area contributed by atoms with Crippen molar-refractivity contribution in [3.63, 3.8) is 0 Å². The van der Waals surface area contributed by atoms with Gasteiger partial charge in [0.1, 0.15) is 5.01 Å². The summed E-state index contributed by atoms with van der Waals surface area (Å²) < 4.78 is 0. The summed E-state index contributed by atoms with van der Waals surface area (Å²) >= 11 is 1.85. The van der Waals surface area contributed by atoms with Crippen LogP contribution in [0.25, 0.3) is 0 Å². The van der Waals surface area contributed by atoms with Gasteiger partial charge in [-0.05, 0) is 51.4 Å². The number of thiazole rings is 1. The fraction of sp³-hybridized carbons (Fsp3) is 0.786. The Bertz CT molecular complexity index is 412. The Morgan fingerprint density at radius 3 is 2.47 bits per heavy atom. The lowest BCUT2D eigenvalue weighted by molar-refractivity contribution is 0.247. The summed E-state index contributed by atoms with van der Waals surface area (Å²) in [6.45, 7) is 4.55. The zero-order valence-corrected chi connectivity index (χ0v) is 11.6. The van der Waals surface area contributed by atoms with E-state index in [1.165, 1.54) is 41.3 Å². The molecule has 0 aromatic carbocycles. The lowest BCUT2D eigenvalue weighted by Gasteiger charge is -2.34. The van der Waals surface area contributed by atoms with Gasteiger partial charge < -0.3 is 5.73 Å². The third kappa shape index (κ3) is 2.15. The molecule has 2 aliphatic carbocycles. The lowest BCUT2D eigenvalue weighted by Crippen LogP contribution is -2.40. The number of nitrogens with two attached hydrogens (primary N) is 1. The zero-order chi connectivity index (χ0) is 12.0. The van der Waals surface area contributed by atoms with Crippen LogP contribution in [0.4, 0.5) is 0 Å². The van der Waals surface area contributed by atoms with Crippen LogP contribution in [0.5, 0.6) is 0 Å². The average Bonchev–Trinajstić information content (AvgIpc) is 3.07. The van der Waals surface area contributed by atoms with Crippen molar-refractivity contribution in [3.8, 4) is 0 Å². The van der Waals surface area contributed by atoms with Crippen LogP contribution < -0.4 is 5.73 Å². The summed E-state index contributed by atoms with van der Waals surface area (Å²) in [7, 11) is 0. The van der Waals surface area contributed by atoms with Gasteiger partial charge in [0.2, 0.25) is 0 Å². The third-order valence-corrected chi connectivity index (χ3v) is 5.60. The van der Waals surface area contributed by atoms with Crippen molar-refractivity contribution in [2.24, 2.45) is 11.7 Å². The highest BCUT2D eigenvalue weighted by atomic mass is 32.1. The number of hydrogen-bond donors (Lipinski definition) is 1. The Labute approximate surface area is 108 Å². The molecule has 94 valence electrons. The molecule has 0 atom stereocenters. The maximum absolute atomic E-state index is 6.59. The molecule has 2 fully saturated rings. The van der Waals surface area contributed by atoms with Crippen LogP contribution in [0.15, 0.2) is 0 Å². The molecule has 0 saturated heterocycles. The molecule has 0 unspecified atom stereocenters. The minimum Gasteiger partial charge on any atom is -0.319 e. The number of nitrogens with zero attached hydrogens (tertiary/aromatic N) is 1. The Morgan fingerprint density at radius 2 is 1.88 bits per heavy atom. The van der Waals surface area contributed by atoms with Crippen LogP contribution in [-0.4, -0.2) is 4.98 Å². The summed E-state index contributed by atoms with van der Waals surface area (Å²) in [5.41, 5.74) is 7.83. The van der Waals surface area contributed by atoms with Crippen molar-refractivity contribution in [3.05, 3.63) is 15.6 Å². The number of hydrogen-bond acceptors (Lipinski definition) is 3. The second-order valence-corrected chi connectivity index (χ2v) is 7.28. The summed E-state index contributed by atoms with van der Waals surface area (Å²) in [5.74, 6) is 1.60. The SMILES string of the molecule is Cc1sc(C2(N)CCC(C)CC2)nc1C1CC1. The first-order valence-corrected chi connectivity index (χ1v) is 7.67. The van der Waals surface area contributed by atoms with Gasteiger partial charge in [-0.3, -0.25) is 0 Å². The highest BCUT2D eigenvalue weighted by Crippen LogP contribution is 2.45. The minimum absolute atomic E-state index is 0.116. The van der Waals surface area contributed by atoms with Crippen LogP contribution in [0.1, 0.15) is 66.9 Å². The molecule has 1 aromatic heterocycles. The summed E-state index contributed by atoms with van der Waals surface area (Å²) in [6, 6.07) is 0. The van der Waals surface area contributed by atoms with Gasteiger partial charge in [0.05, 0.1) is 11.2 Å². The number of rotatable bonds is 2. The molecule has 2 N–H and O–H groups in total. The van der Waals surface area contributed by atoms with E-state index in [0.717, 1.165) is 24.7 Å². The smallest absolute Gasteiger partial charge is 0.113 e. The predicted molar refractivity (Wildman–Crippen MR) is 72.3 cm³/mol. The first kappa shape index (κ1) is 11.7. The monoisotopic (exact) mass is 250 g/mol. The molecule has 0 radical (unpaired) electrons. The standard InChI is InChI=1S/C14H22N2S/c1-9-5-7-14(15,8-6-9)13-16-12(10(2)17-13)11-3-4-11/h9,11H,3-8,15H2,1-2H3.